The van der Waals surface area contributed by atoms with Gasteiger partial charge in [-0.25, -0.2) is 8.42 Å². The minimum atomic E-state index is -3.64. The molecule has 1 atom stereocenters. The fraction of sp³-hybridized carbons (Fsp3) is 0.632. The summed E-state index contributed by atoms with van der Waals surface area (Å²) in [6.45, 7) is 10.0. The molecule has 150 valence electrons. The van der Waals surface area contributed by atoms with Crippen LogP contribution < -0.4 is 4.90 Å². The third-order valence-electron chi connectivity index (χ3n) is 5.32. The summed E-state index contributed by atoms with van der Waals surface area (Å²) in [6.07, 6.45) is -0.441. The predicted molar refractivity (Wildman–Crippen MR) is 102 cm³/mol. The van der Waals surface area contributed by atoms with Gasteiger partial charge in [-0.15, -0.1) is 0 Å². The van der Waals surface area contributed by atoms with Crippen molar-refractivity contribution in [3.63, 3.8) is 0 Å². The number of rotatable bonds is 5. The van der Waals surface area contributed by atoms with E-state index in [0.717, 1.165) is 18.7 Å². The predicted octanol–water partition coefficient (Wildman–Crippen LogP) is -0.275. The highest BCUT2D eigenvalue weighted by Gasteiger charge is 2.44. The van der Waals surface area contributed by atoms with Gasteiger partial charge >= 0.3 is 0 Å². The second-order valence-electron chi connectivity index (χ2n) is 7.71. The minimum Gasteiger partial charge on any atom is -0.370 e. The molecule has 0 radical (unpaired) electrons. The van der Waals surface area contributed by atoms with Gasteiger partial charge < -0.3 is 14.5 Å². The van der Waals surface area contributed by atoms with E-state index in [0.29, 0.717) is 32.8 Å². The van der Waals surface area contributed by atoms with E-state index in [1.807, 2.05) is 20.8 Å². The molecule has 1 amide bonds. The molecule has 1 N–H and O–H groups in total. The molecule has 7 nitrogen and oxygen atoms in total. The van der Waals surface area contributed by atoms with E-state index >= 15 is 0 Å². The van der Waals surface area contributed by atoms with Crippen molar-refractivity contribution < 1.29 is 22.8 Å². The fourth-order valence-corrected chi connectivity index (χ4v) is 5.57. The van der Waals surface area contributed by atoms with Crippen molar-refractivity contribution in [1.82, 2.24) is 9.21 Å². The molecule has 2 heterocycles. The quantitative estimate of drug-likeness (QED) is 0.744. The highest BCUT2D eigenvalue weighted by molar-refractivity contribution is 7.89. The Bertz CT molecular complexity index is 758. The van der Waals surface area contributed by atoms with E-state index in [1.165, 1.54) is 9.21 Å². The summed E-state index contributed by atoms with van der Waals surface area (Å²) in [5.74, 6) is 0.0311. The van der Waals surface area contributed by atoms with Gasteiger partial charge in [0.1, 0.15) is 19.3 Å². The number of carbonyl (C=O) groups is 1. The molecule has 0 saturated carbocycles. The van der Waals surface area contributed by atoms with Crippen molar-refractivity contribution in [3.05, 3.63) is 29.8 Å². The number of nitrogens with one attached hydrogen (secondary N) is 1. The van der Waals surface area contributed by atoms with Gasteiger partial charge in [-0.1, -0.05) is 31.5 Å². The first-order valence-corrected chi connectivity index (χ1v) is 11.0. The van der Waals surface area contributed by atoms with Crippen LogP contribution in [0.2, 0.25) is 0 Å². The van der Waals surface area contributed by atoms with E-state index in [1.54, 1.807) is 29.2 Å². The van der Waals surface area contributed by atoms with Crippen LogP contribution in [-0.4, -0.2) is 75.6 Å². The highest BCUT2D eigenvalue weighted by atomic mass is 32.2. The van der Waals surface area contributed by atoms with Gasteiger partial charge in [0.2, 0.25) is 10.0 Å². The zero-order valence-corrected chi connectivity index (χ0v) is 17.2. The molecular formula is C19H30N3O4S+. The van der Waals surface area contributed by atoms with Crippen molar-refractivity contribution in [2.75, 3.05) is 45.9 Å². The van der Waals surface area contributed by atoms with Crippen LogP contribution in [0, 0.1) is 12.8 Å². The molecule has 27 heavy (non-hydrogen) atoms. The second kappa shape index (κ2) is 8.26. The molecule has 1 aromatic rings. The second-order valence-corrected chi connectivity index (χ2v) is 9.60. The topological polar surface area (TPSA) is 71.4 Å². The Kier molecular flexibility index (Phi) is 6.20. The number of hydrogen-bond acceptors (Lipinski definition) is 4. The van der Waals surface area contributed by atoms with Gasteiger partial charge in [0.05, 0.1) is 18.1 Å². The van der Waals surface area contributed by atoms with E-state index in [2.05, 4.69) is 0 Å². The van der Waals surface area contributed by atoms with E-state index < -0.39 is 16.2 Å². The molecule has 0 bridgehead atoms. The van der Waals surface area contributed by atoms with Gasteiger partial charge in [0.25, 0.3) is 5.91 Å². The number of carbonyl (C=O) groups excluding carboxylic acids is 1. The summed E-state index contributed by atoms with van der Waals surface area (Å²) >= 11 is 0. The third kappa shape index (κ3) is 4.34. The first kappa shape index (κ1) is 20.3. The summed E-state index contributed by atoms with van der Waals surface area (Å²) in [4.78, 5) is 16.2. The van der Waals surface area contributed by atoms with Crippen LogP contribution in [0.3, 0.4) is 0 Å². The lowest BCUT2D eigenvalue weighted by Crippen LogP contribution is -3.15. The summed E-state index contributed by atoms with van der Waals surface area (Å²) in [5, 5.41) is 0. The Morgan fingerprint density at radius 3 is 2.41 bits per heavy atom. The third-order valence-corrected chi connectivity index (χ3v) is 7.20. The first-order valence-electron chi connectivity index (χ1n) is 9.60. The van der Waals surface area contributed by atoms with E-state index in [4.69, 9.17) is 4.74 Å². The Morgan fingerprint density at radius 2 is 1.81 bits per heavy atom. The lowest BCUT2D eigenvalue weighted by molar-refractivity contribution is -0.900. The summed E-state index contributed by atoms with van der Waals surface area (Å²) in [5.41, 5.74) is 1.01. The summed E-state index contributed by atoms with van der Waals surface area (Å²) in [7, 11) is -3.64. The Hall–Kier alpha value is -1.48. The van der Waals surface area contributed by atoms with Crippen LogP contribution in [-0.2, 0) is 19.6 Å². The Balaban J connectivity index is 1.79. The van der Waals surface area contributed by atoms with Crippen molar-refractivity contribution in [2.45, 2.75) is 31.8 Å². The number of nitrogens with zero attached hydrogens (tertiary/aromatic N) is 2. The lowest BCUT2D eigenvalue weighted by Gasteiger charge is -2.33. The van der Waals surface area contributed by atoms with Crippen LogP contribution in [0.25, 0.3) is 0 Å². The summed E-state index contributed by atoms with van der Waals surface area (Å²) in [6, 6.07) is 6.89. The van der Waals surface area contributed by atoms with Gasteiger partial charge in [-0.2, -0.15) is 4.31 Å². The largest absolute Gasteiger partial charge is 0.370 e. The smallest absolute Gasteiger partial charge is 0.279 e. The number of hydrogen-bond donors (Lipinski definition) is 1. The molecule has 0 spiro atoms. The van der Waals surface area contributed by atoms with Crippen LogP contribution in [0.5, 0.6) is 0 Å². The molecule has 2 fully saturated rings. The zero-order chi connectivity index (χ0) is 19.6. The molecule has 0 unspecified atom stereocenters. The van der Waals surface area contributed by atoms with Gasteiger partial charge in [0, 0.05) is 13.1 Å². The van der Waals surface area contributed by atoms with Gasteiger partial charge in [0.15, 0.2) is 6.54 Å². The maximum Gasteiger partial charge on any atom is 0.279 e. The van der Waals surface area contributed by atoms with Crippen molar-refractivity contribution >= 4 is 15.9 Å². The molecule has 8 heteroatoms. The average Bonchev–Trinajstić information content (AvgIpc) is 3.09. The molecular weight excluding hydrogens is 366 g/mol. The Labute approximate surface area is 161 Å². The standard InChI is InChI=1S/C19H29N3O4S/c1-15(2)19-21(18(23)14-20-10-12-26-13-11-20)8-9-22(19)27(24,25)17-6-4-16(3)5-7-17/h4-7,15,19H,8-14H2,1-3H3/p+1/t19-/m1/s1. The van der Waals surface area contributed by atoms with Gasteiger partial charge in [-0.05, 0) is 25.0 Å². The lowest BCUT2D eigenvalue weighted by atomic mass is 10.1. The average molecular weight is 397 g/mol. The van der Waals surface area contributed by atoms with Crippen LogP contribution in [0.4, 0.5) is 0 Å². The minimum absolute atomic E-state index is 0.0105. The number of aryl methyl sites for hydroxylation is 1. The Morgan fingerprint density at radius 1 is 1.19 bits per heavy atom. The van der Waals surface area contributed by atoms with Crippen molar-refractivity contribution in [2.24, 2.45) is 5.92 Å². The van der Waals surface area contributed by atoms with Crippen LogP contribution in [0.15, 0.2) is 29.2 Å². The molecule has 2 saturated heterocycles. The normalized spacial score (nSPS) is 22.5. The molecule has 2 aliphatic rings. The van der Waals surface area contributed by atoms with Crippen LogP contribution >= 0.6 is 0 Å². The maximum absolute atomic E-state index is 13.2. The molecule has 0 aromatic heterocycles. The number of morpholine rings is 1. The highest BCUT2D eigenvalue weighted by Crippen LogP contribution is 2.28. The molecule has 3 rings (SSSR count). The van der Waals surface area contributed by atoms with Crippen molar-refractivity contribution in [1.29, 1.82) is 0 Å². The fourth-order valence-electron chi connectivity index (χ4n) is 3.85. The van der Waals surface area contributed by atoms with Crippen LogP contribution in [0.1, 0.15) is 19.4 Å². The number of amides is 1. The molecule has 1 aromatic carbocycles. The number of ether oxygens (including phenoxy) is 1. The summed E-state index contributed by atoms with van der Waals surface area (Å²) < 4.78 is 33.2. The number of benzene rings is 1. The molecule has 2 aliphatic heterocycles. The monoisotopic (exact) mass is 396 g/mol. The zero-order valence-electron chi connectivity index (χ0n) is 16.3. The number of quaternary nitrogens is 1. The van der Waals surface area contributed by atoms with E-state index in [-0.39, 0.29) is 16.7 Å². The molecule has 0 aliphatic carbocycles. The van der Waals surface area contributed by atoms with Crippen molar-refractivity contribution in [3.8, 4) is 0 Å². The maximum atomic E-state index is 13.2. The van der Waals surface area contributed by atoms with Gasteiger partial charge in [-0.3, -0.25) is 4.79 Å². The van der Waals surface area contributed by atoms with E-state index in [9.17, 15) is 13.2 Å². The number of sulfonamides is 1. The SMILES string of the molecule is Cc1ccc(S(=O)(=O)N2CCN(C(=O)C[NH+]3CCOCC3)[C@H]2C(C)C)cc1. The first-order chi connectivity index (χ1) is 12.8.